The fraction of sp³-hybridized carbons (Fsp3) is 0.333. The van der Waals surface area contributed by atoms with Gasteiger partial charge in [0, 0.05) is 0 Å². The molecular formula is C24H29HfSi. The molecule has 0 saturated heterocycles. The van der Waals surface area contributed by atoms with Crippen LogP contribution in [0.4, 0.5) is 0 Å². The molecule has 133 valence electrons. The van der Waals surface area contributed by atoms with Crippen molar-refractivity contribution in [3.8, 4) is 0 Å². The van der Waals surface area contributed by atoms with Crippen LogP contribution in [0, 0.1) is 0 Å². The van der Waals surface area contributed by atoms with Crippen molar-refractivity contribution in [3.05, 3.63) is 81.9 Å². The molecule has 2 atom stereocenters. The van der Waals surface area contributed by atoms with Crippen molar-refractivity contribution in [2.45, 2.75) is 48.1 Å². The molecule has 2 aliphatic carbocycles. The van der Waals surface area contributed by atoms with Gasteiger partial charge in [0.2, 0.25) is 0 Å². The first-order valence-corrected chi connectivity index (χ1v) is 23.1. The average Bonchev–Trinajstić information content (AvgIpc) is 3.03. The van der Waals surface area contributed by atoms with E-state index >= 15 is 0 Å². The predicted octanol–water partition coefficient (Wildman–Crippen LogP) is 6.68. The van der Waals surface area contributed by atoms with Crippen LogP contribution in [0.3, 0.4) is 0 Å². The molecule has 0 saturated carbocycles. The Morgan fingerprint density at radius 2 is 1.04 bits per heavy atom. The van der Waals surface area contributed by atoms with Gasteiger partial charge < -0.3 is 0 Å². The second-order valence-corrected chi connectivity index (χ2v) is 36.3. The summed E-state index contributed by atoms with van der Waals surface area (Å²) in [5.41, 5.74) is 12.9. The zero-order chi connectivity index (χ0) is 18.6. The van der Waals surface area contributed by atoms with Gasteiger partial charge in [-0.1, -0.05) is 0 Å². The van der Waals surface area contributed by atoms with E-state index < -0.39 is 26.6 Å². The number of hydrogen-bond donors (Lipinski definition) is 0. The summed E-state index contributed by atoms with van der Waals surface area (Å²) in [6, 6.07) is 18.6. The van der Waals surface area contributed by atoms with Crippen LogP contribution in [0.25, 0.3) is 11.1 Å². The number of rotatable bonds is 3. The summed E-state index contributed by atoms with van der Waals surface area (Å²) in [5, 5.41) is 0. The summed E-state index contributed by atoms with van der Waals surface area (Å²) in [4.78, 5) is 0. The Hall–Kier alpha value is -0.993. The van der Waals surface area contributed by atoms with Gasteiger partial charge in [0.25, 0.3) is 0 Å². The maximum absolute atomic E-state index is 2.65. The first-order chi connectivity index (χ1) is 12.4. The third-order valence-electron chi connectivity index (χ3n) is 6.73. The van der Waals surface area contributed by atoms with E-state index in [2.05, 4.69) is 89.3 Å². The fourth-order valence-corrected chi connectivity index (χ4v) is 38.7. The standard InChI is InChI=1S/2C11H11.C2H7Si.Hf/c2*1-8-7-10-5-3-4-6-11(10)9(8)2;1-3-2;/h2*3-7H,1-2H3;3H,1-2H3;. The molecule has 0 radical (unpaired) electrons. The first-order valence-electron chi connectivity index (χ1n) is 9.83. The van der Waals surface area contributed by atoms with E-state index in [1.165, 1.54) is 11.1 Å². The summed E-state index contributed by atoms with van der Waals surface area (Å²) in [5.74, 6) is -0.696. The van der Waals surface area contributed by atoms with Gasteiger partial charge in [-0.15, -0.1) is 0 Å². The molecule has 2 heteroatoms. The van der Waals surface area contributed by atoms with Crippen molar-refractivity contribution in [1.29, 1.82) is 0 Å². The van der Waals surface area contributed by atoms with Crippen molar-refractivity contribution in [3.63, 3.8) is 0 Å². The minimum absolute atomic E-state index is 0.696. The van der Waals surface area contributed by atoms with Crippen LogP contribution in [0.1, 0.15) is 57.3 Å². The van der Waals surface area contributed by atoms with Crippen LogP contribution in [0.5, 0.6) is 0 Å². The third-order valence-corrected chi connectivity index (χ3v) is 38.0. The molecule has 0 aromatic heterocycles. The van der Waals surface area contributed by atoms with E-state index in [1.54, 1.807) is 33.4 Å². The van der Waals surface area contributed by atoms with Crippen molar-refractivity contribution < 1.29 is 20.6 Å². The molecule has 0 spiro atoms. The Kier molecular flexibility index (Phi) is 4.86. The molecule has 2 aromatic rings. The van der Waals surface area contributed by atoms with Crippen molar-refractivity contribution in [2.75, 3.05) is 0 Å². The minimum atomic E-state index is -2.01. The zero-order valence-electron chi connectivity index (χ0n) is 16.9. The second-order valence-electron chi connectivity index (χ2n) is 8.31. The molecule has 0 nitrogen and oxygen atoms in total. The summed E-state index contributed by atoms with van der Waals surface area (Å²) in [6.45, 7) is 14.9. The Morgan fingerprint density at radius 3 is 1.42 bits per heavy atom. The molecule has 0 N–H and O–H groups in total. The van der Waals surface area contributed by atoms with Crippen molar-refractivity contribution >= 4 is 17.1 Å². The van der Waals surface area contributed by atoms with Gasteiger partial charge in [-0.3, -0.25) is 0 Å². The van der Waals surface area contributed by atoms with Crippen LogP contribution in [0.2, 0.25) is 13.1 Å². The summed E-state index contributed by atoms with van der Waals surface area (Å²) in [7, 11) is 0. The molecule has 0 fully saturated rings. The van der Waals surface area contributed by atoms with Crippen LogP contribution < -0.4 is 0 Å². The van der Waals surface area contributed by atoms with E-state index in [0.29, 0.717) is 0 Å². The van der Waals surface area contributed by atoms with E-state index in [4.69, 9.17) is 0 Å². The van der Waals surface area contributed by atoms with Crippen LogP contribution in [-0.4, -0.2) is 5.98 Å². The Morgan fingerprint density at radius 1 is 0.654 bits per heavy atom. The SMILES string of the molecule is CC1=C(C)[CH]([Hf]([CH]2C(C)=C(C)c3ccccc32)[SiH](C)C)c2ccccc21. The molecule has 0 heterocycles. The average molecular weight is 524 g/mol. The molecule has 0 amide bonds. The Labute approximate surface area is 167 Å². The zero-order valence-corrected chi connectivity index (χ0v) is 21.6. The maximum atomic E-state index is 2.65. The van der Waals surface area contributed by atoms with Gasteiger partial charge in [0.1, 0.15) is 0 Å². The van der Waals surface area contributed by atoms with Crippen molar-refractivity contribution in [2.24, 2.45) is 0 Å². The number of fused-ring (bicyclic) bond motifs is 2. The Bertz CT molecular complexity index is 861. The van der Waals surface area contributed by atoms with E-state index in [0.717, 1.165) is 7.35 Å². The molecule has 4 rings (SSSR count). The van der Waals surface area contributed by atoms with Gasteiger partial charge in [0.05, 0.1) is 0 Å². The number of hydrogen-bond acceptors (Lipinski definition) is 0. The van der Waals surface area contributed by atoms with E-state index in [-0.39, 0.29) is 0 Å². The molecule has 26 heavy (non-hydrogen) atoms. The third kappa shape index (κ3) is 2.64. The van der Waals surface area contributed by atoms with E-state index in [9.17, 15) is 0 Å². The molecule has 0 aliphatic heterocycles. The summed E-state index contributed by atoms with van der Waals surface area (Å²) < 4.78 is 1.59. The van der Waals surface area contributed by atoms with Gasteiger partial charge in [0.15, 0.2) is 0 Å². The summed E-state index contributed by atoms with van der Waals surface area (Å²) in [6.07, 6.45) is 0. The van der Waals surface area contributed by atoms with Gasteiger partial charge in [-0.05, 0) is 0 Å². The topological polar surface area (TPSA) is 0 Å². The fourth-order valence-electron chi connectivity index (χ4n) is 5.20. The van der Waals surface area contributed by atoms with Gasteiger partial charge in [-0.2, -0.15) is 0 Å². The van der Waals surface area contributed by atoms with Crippen LogP contribution >= 0.6 is 0 Å². The normalized spacial score (nSPS) is 21.5. The van der Waals surface area contributed by atoms with Crippen LogP contribution in [0.15, 0.2) is 59.7 Å². The first kappa shape index (κ1) is 18.4. The predicted molar refractivity (Wildman–Crippen MR) is 114 cm³/mol. The molecule has 0 bridgehead atoms. The molecule has 2 unspecified atom stereocenters. The van der Waals surface area contributed by atoms with Gasteiger partial charge in [-0.25, -0.2) is 0 Å². The quantitative estimate of drug-likeness (QED) is 0.393. The molecular weight excluding hydrogens is 495 g/mol. The number of allylic oxidation sites excluding steroid dienone is 4. The molecule has 2 aromatic carbocycles. The van der Waals surface area contributed by atoms with E-state index in [1.807, 2.05) is 0 Å². The number of benzene rings is 2. The monoisotopic (exact) mass is 525 g/mol. The second kappa shape index (κ2) is 6.87. The van der Waals surface area contributed by atoms with Crippen molar-refractivity contribution in [1.82, 2.24) is 0 Å². The van der Waals surface area contributed by atoms with Crippen LogP contribution in [-0.2, 0) is 20.6 Å². The van der Waals surface area contributed by atoms with Gasteiger partial charge >= 0.3 is 168 Å². The summed E-state index contributed by atoms with van der Waals surface area (Å²) >= 11 is -2.01. The molecule has 2 aliphatic rings. The Balaban J connectivity index is 1.89.